The molecule has 7 heteroatoms. The van der Waals surface area contributed by atoms with Crippen LogP contribution in [0.15, 0.2) is 23.3 Å². The van der Waals surface area contributed by atoms with E-state index in [1.165, 1.54) is 0 Å². The molecule has 0 aliphatic carbocycles. The zero-order chi connectivity index (χ0) is 18.1. The maximum atomic E-state index is 11.9. The van der Waals surface area contributed by atoms with Gasteiger partial charge in [-0.1, -0.05) is 11.6 Å². The van der Waals surface area contributed by atoms with Crippen molar-refractivity contribution in [3.05, 3.63) is 39.5 Å². The van der Waals surface area contributed by atoms with Crippen molar-refractivity contribution >= 4 is 17.5 Å². The molecule has 0 radical (unpaired) electrons. The molecule has 1 aliphatic rings. The number of halogens is 1. The van der Waals surface area contributed by atoms with Crippen molar-refractivity contribution < 1.29 is 4.79 Å². The number of piperidine rings is 1. The fourth-order valence-electron chi connectivity index (χ4n) is 3.53. The van der Waals surface area contributed by atoms with E-state index in [2.05, 4.69) is 4.98 Å². The standard InChI is InChI=1S/C18H23ClN4O2/c1-12-7-15(10-21(3)18(12)25)17-20-16(19)11-23(17)9-14-5-4-6-22(8-14)13(2)24/h7,10-11,14H,4-6,8-9H2,1-3H3/t14-/m1/s1. The van der Waals surface area contributed by atoms with Gasteiger partial charge in [-0.3, -0.25) is 9.59 Å². The molecule has 3 rings (SSSR count). The molecule has 1 amide bonds. The van der Waals surface area contributed by atoms with Crippen LogP contribution < -0.4 is 5.56 Å². The molecule has 1 fully saturated rings. The highest BCUT2D eigenvalue weighted by atomic mass is 35.5. The first kappa shape index (κ1) is 17.7. The first-order valence-corrected chi connectivity index (χ1v) is 8.88. The number of aryl methyl sites for hydroxylation is 2. The summed E-state index contributed by atoms with van der Waals surface area (Å²) in [7, 11) is 1.74. The Morgan fingerprint density at radius 3 is 2.84 bits per heavy atom. The number of hydrogen-bond donors (Lipinski definition) is 0. The molecule has 6 nitrogen and oxygen atoms in total. The Bertz CT molecular complexity index is 829. The Kier molecular flexibility index (Phi) is 4.99. The van der Waals surface area contributed by atoms with Gasteiger partial charge >= 0.3 is 0 Å². The molecule has 0 bridgehead atoms. The highest BCUT2D eigenvalue weighted by Gasteiger charge is 2.23. The number of pyridine rings is 1. The molecule has 0 aromatic carbocycles. The predicted octanol–water partition coefficient (Wildman–Crippen LogP) is 2.47. The largest absolute Gasteiger partial charge is 0.343 e. The number of hydrogen-bond acceptors (Lipinski definition) is 3. The highest BCUT2D eigenvalue weighted by Crippen LogP contribution is 2.25. The number of nitrogens with zero attached hydrogens (tertiary/aromatic N) is 4. The van der Waals surface area contributed by atoms with Crippen LogP contribution in [-0.2, 0) is 18.4 Å². The molecule has 2 aromatic rings. The van der Waals surface area contributed by atoms with Gasteiger partial charge in [0.2, 0.25) is 5.91 Å². The lowest BCUT2D eigenvalue weighted by Gasteiger charge is -2.32. The van der Waals surface area contributed by atoms with Gasteiger partial charge in [-0.15, -0.1) is 0 Å². The molecule has 0 N–H and O–H groups in total. The quantitative estimate of drug-likeness (QED) is 0.842. The molecule has 0 saturated carbocycles. The average molecular weight is 363 g/mol. The summed E-state index contributed by atoms with van der Waals surface area (Å²) in [5.41, 5.74) is 1.52. The zero-order valence-corrected chi connectivity index (χ0v) is 15.6. The lowest BCUT2D eigenvalue weighted by molar-refractivity contribution is -0.130. The molecule has 0 spiro atoms. The van der Waals surface area contributed by atoms with Crippen molar-refractivity contribution in [2.75, 3.05) is 13.1 Å². The summed E-state index contributed by atoms with van der Waals surface area (Å²) in [4.78, 5) is 29.9. The van der Waals surface area contributed by atoms with Crippen LogP contribution in [0, 0.1) is 12.8 Å². The van der Waals surface area contributed by atoms with Crippen molar-refractivity contribution in [2.24, 2.45) is 13.0 Å². The molecule has 1 aliphatic heterocycles. The van der Waals surface area contributed by atoms with E-state index in [1.807, 2.05) is 21.7 Å². The summed E-state index contributed by atoms with van der Waals surface area (Å²) in [6.45, 7) is 5.77. The number of imidazole rings is 1. The summed E-state index contributed by atoms with van der Waals surface area (Å²) in [5, 5.41) is 0.431. The van der Waals surface area contributed by atoms with Crippen LogP contribution in [0.4, 0.5) is 0 Å². The third kappa shape index (κ3) is 3.79. The van der Waals surface area contributed by atoms with Crippen LogP contribution in [0.3, 0.4) is 0 Å². The van der Waals surface area contributed by atoms with Crippen LogP contribution in [0.2, 0.25) is 5.15 Å². The van der Waals surface area contributed by atoms with Crippen LogP contribution >= 0.6 is 11.6 Å². The fourth-order valence-corrected chi connectivity index (χ4v) is 3.73. The van der Waals surface area contributed by atoms with Gasteiger partial charge in [0.25, 0.3) is 5.56 Å². The van der Waals surface area contributed by atoms with Crippen LogP contribution in [0.5, 0.6) is 0 Å². The van der Waals surface area contributed by atoms with Crippen molar-refractivity contribution in [3.8, 4) is 11.4 Å². The SMILES string of the molecule is CC(=O)N1CCC[C@@H](Cn2cc(Cl)nc2-c2cc(C)c(=O)n(C)c2)C1. The number of likely N-dealkylation sites (tertiary alicyclic amines) is 1. The fraction of sp³-hybridized carbons (Fsp3) is 0.500. The first-order chi connectivity index (χ1) is 11.8. The lowest BCUT2D eigenvalue weighted by Crippen LogP contribution is -2.39. The maximum absolute atomic E-state index is 11.9. The van der Waals surface area contributed by atoms with E-state index in [9.17, 15) is 9.59 Å². The summed E-state index contributed by atoms with van der Waals surface area (Å²) in [5.74, 6) is 1.25. The van der Waals surface area contributed by atoms with Crippen molar-refractivity contribution in [1.29, 1.82) is 0 Å². The minimum absolute atomic E-state index is 0.0164. The highest BCUT2D eigenvalue weighted by molar-refractivity contribution is 6.29. The molecule has 1 atom stereocenters. The third-order valence-electron chi connectivity index (χ3n) is 4.79. The second kappa shape index (κ2) is 7.04. The van der Waals surface area contributed by atoms with Crippen LogP contribution in [-0.4, -0.2) is 38.0 Å². The van der Waals surface area contributed by atoms with E-state index in [-0.39, 0.29) is 11.5 Å². The molecule has 0 unspecified atom stereocenters. The van der Waals surface area contributed by atoms with Gasteiger partial charge in [0, 0.05) is 57.1 Å². The molecule has 2 aromatic heterocycles. The lowest BCUT2D eigenvalue weighted by atomic mass is 9.97. The smallest absolute Gasteiger partial charge is 0.253 e. The number of amides is 1. The van der Waals surface area contributed by atoms with Crippen molar-refractivity contribution in [2.45, 2.75) is 33.2 Å². The Labute approximate surface area is 152 Å². The van der Waals surface area contributed by atoms with Gasteiger partial charge < -0.3 is 14.0 Å². The van der Waals surface area contributed by atoms with E-state index >= 15 is 0 Å². The minimum Gasteiger partial charge on any atom is -0.343 e. The molecule has 25 heavy (non-hydrogen) atoms. The summed E-state index contributed by atoms with van der Waals surface area (Å²) in [6, 6.07) is 1.85. The summed E-state index contributed by atoms with van der Waals surface area (Å²) in [6.07, 6.45) is 5.70. The van der Waals surface area contributed by atoms with E-state index in [0.717, 1.165) is 43.9 Å². The van der Waals surface area contributed by atoms with Crippen LogP contribution in [0.1, 0.15) is 25.3 Å². The van der Waals surface area contributed by atoms with Gasteiger partial charge in [0.05, 0.1) is 0 Å². The van der Waals surface area contributed by atoms with E-state index in [1.54, 1.807) is 31.7 Å². The Morgan fingerprint density at radius 1 is 1.40 bits per heavy atom. The maximum Gasteiger partial charge on any atom is 0.253 e. The van der Waals surface area contributed by atoms with Gasteiger partial charge in [-0.05, 0) is 31.7 Å². The Balaban J connectivity index is 1.89. The summed E-state index contributed by atoms with van der Waals surface area (Å²) < 4.78 is 3.60. The van der Waals surface area contributed by atoms with Gasteiger partial charge in [0.1, 0.15) is 11.0 Å². The number of aromatic nitrogens is 3. The number of rotatable bonds is 3. The second-order valence-corrected chi connectivity index (χ2v) is 7.23. The molecule has 1 saturated heterocycles. The van der Waals surface area contributed by atoms with E-state index in [4.69, 9.17) is 11.6 Å². The Morgan fingerprint density at radius 2 is 2.16 bits per heavy atom. The second-order valence-electron chi connectivity index (χ2n) is 6.84. The van der Waals surface area contributed by atoms with Gasteiger partial charge in [-0.25, -0.2) is 4.98 Å². The average Bonchev–Trinajstić information content (AvgIpc) is 2.92. The van der Waals surface area contributed by atoms with E-state index in [0.29, 0.717) is 16.6 Å². The topological polar surface area (TPSA) is 60.1 Å². The first-order valence-electron chi connectivity index (χ1n) is 8.51. The van der Waals surface area contributed by atoms with E-state index < -0.39 is 0 Å². The van der Waals surface area contributed by atoms with Crippen molar-refractivity contribution in [3.63, 3.8) is 0 Å². The van der Waals surface area contributed by atoms with Gasteiger partial charge in [-0.2, -0.15) is 0 Å². The van der Waals surface area contributed by atoms with Gasteiger partial charge in [0.15, 0.2) is 0 Å². The van der Waals surface area contributed by atoms with Crippen molar-refractivity contribution in [1.82, 2.24) is 19.0 Å². The molecule has 134 valence electrons. The third-order valence-corrected chi connectivity index (χ3v) is 4.97. The molecule has 3 heterocycles. The Hall–Kier alpha value is -2.08. The summed E-state index contributed by atoms with van der Waals surface area (Å²) >= 11 is 6.16. The normalized spacial score (nSPS) is 17.8. The number of carbonyl (C=O) groups excluding carboxylic acids is 1. The number of carbonyl (C=O) groups is 1. The minimum atomic E-state index is -0.0164. The predicted molar refractivity (Wildman–Crippen MR) is 97.6 cm³/mol. The van der Waals surface area contributed by atoms with Crippen LogP contribution in [0.25, 0.3) is 11.4 Å². The molecular formula is C18H23ClN4O2. The monoisotopic (exact) mass is 362 g/mol. The molecular weight excluding hydrogens is 340 g/mol. The zero-order valence-electron chi connectivity index (χ0n) is 14.8.